The number of nitrogens with zero attached hydrogens (tertiary/aromatic N) is 1. The summed E-state index contributed by atoms with van der Waals surface area (Å²) in [5.41, 5.74) is 5.93. The number of ether oxygens (including phenoxy) is 1. The number of para-hydroxylation sites is 1. The number of hydrogen-bond acceptors (Lipinski definition) is 4. The van der Waals surface area contributed by atoms with E-state index in [0.717, 1.165) is 27.8 Å². The first-order chi connectivity index (χ1) is 16.2. The molecule has 0 radical (unpaired) electrons. The molecule has 1 amide bonds. The van der Waals surface area contributed by atoms with Crippen LogP contribution in [0.15, 0.2) is 84.8 Å². The van der Waals surface area contributed by atoms with Crippen LogP contribution in [0.1, 0.15) is 5.56 Å². The van der Waals surface area contributed by atoms with Crippen molar-refractivity contribution in [3.8, 4) is 11.1 Å². The Bertz CT molecular complexity index is 1220. The van der Waals surface area contributed by atoms with E-state index in [9.17, 15) is 18.0 Å². The number of hydrazine groups is 1. The molecule has 0 saturated carbocycles. The van der Waals surface area contributed by atoms with Crippen LogP contribution < -0.4 is 15.8 Å². The zero-order valence-electron chi connectivity index (χ0n) is 18.1. The van der Waals surface area contributed by atoms with Crippen LogP contribution >= 0.6 is 11.6 Å². The molecule has 1 heterocycles. The lowest BCUT2D eigenvalue weighted by molar-refractivity contribution is -0.142. The SMILES string of the molecule is Cc1ccc(-c2ccccc2)cc1NC(=O)COC1=CC(C(F)(F)F)NN1c1ccccc1Cl. The van der Waals surface area contributed by atoms with Gasteiger partial charge in [0.1, 0.15) is 6.04 Å². The Labute approximate surface area is 199 Å². The maximum absolute atomic E-state index is 13.3. The van der Waals surface area contributed by atoms with Crippen molar-refractivity contribution in [3.05, 3.63) is 95.3 Å². The van der Waals surface area contributed by atoms with Crippen molar-refractivity contribution in [2.75, 3.05) is 16.9 Å². The van der Waals surface area contributed by atoms with Gasteiger partial charge in [0, 0.05) is 11.8 Å². The number of nitrogens with one attached hydrogen (secondary N) is 2. The van der Waals surface area contributed by atoms with E-state index in [-0.39, 0.29) is 16.6 Å². The van der Waals surface area contributed by atoms with Gasteiger partial charge >= 0.3 is 6.18 Å². The summed E-state index contributed by atoms with van der Waals surface area (Å²) >= 11 is 6.16. The largest absolute Gasteiger partial charge is 0.468 e. The fourth-order valence-electron chi connectivity index (χ4n) is 3.45. The van der Waals surface area contributed by atoms with E-state index in [1.165, 1.54) is 0 Å². The molecule has 0 spiro atoms. The third-order valence-corrected chi connectivity index (χ3v) is 5.53. The number of rotatable bonds is 6. The molecule has 3 aromatic carbocycles. The van der Waals surface area contributed by atoms with Crippen molar-refractivity contribution in [2.45, 2.75) is 19.1 Å². The molecule has 176 valence electrons. The number of anilines is 2. The Morgan fingerprint density at radius 2 is 1.76 bits per heavy atom. The van der Waals surface area contributed by atoms with Gasteiger partial charge < -0.3 is 10.1 Å². The van der Waals surface area contributed by atoms with Gasteiger partial charge in [0.15, 0.2) is 6.61 Å². The van der Waals surface area contributed by atoms with Gasteiger partial charge in [0.05, 0.1) is 10.7 Å². The van der Waals surface area contributed by atoms with Crippen LogP contribution in [0.4, 0.5) is 24.5 Å². The van der Waals surface area contributed by atoms with Crippen molar-refractivity contribution < 1.29 is 22.7 Å². The van der Waals surface area contributed by atoms with Gasteiger partial charge in [0.2, 0.25) is 5.88 Å². The smallest absolute Gasteiger partial charge is 0.409 e. The van der Waals surface area contributed by atoms with Crippen LogP contribution in [0.5, 0.6) is 0 Å². The quantitative estimate of drug-likeness (QED) is 0.443. The molecule has 1 unspecified atom stereocenters. The van der Waals surface area contributed by atoms with E-state index in [1.54, 1.807) is 24.3 Å². The standard InChI is InChI=1S/C25H21ClF3N3O2/c1-16-11-12-18(17-7-3-2-4-8-17)13-20(16)30-23(33)15-34-24-14-22(25(27,28)29)31-32(24)21-10-6-5-9-19(21)26/h2-14,22,31H,15H2,1H3,(H,30,33). The Kier molecular flexibility index (Phi) is 6.81. The number of amides is 1. The van der Waals surface area contributed by atoms with Crippen molar-refractivity contribution in [2.24, 2.45) is 0 Å². The van der Waals surface area contributed by atoms with E-state index in [4.69, 9.17) is 16.3 Å². The number of halogens is 4. The van der Waals surface area contributed by atoms with Crippen LogP contribution in [-0.2, 0) is 9.53 Å². The van der Waals surface area contributed by atoms with Gasteiger partial charge in [-0.25, -0.2) is 10.4 Å². The molecular formula is C25H21ClF3N3O2. The molecule has 9 heteroatoms. The lowest BCUT2D eigenvalue weighted by Crippen LogP contribution is -2.45. The van der Waals surface area contributed by atoms with Gasteiger partial charge in [-0.05, 0) is 41.8 Å². The maximum atomic E-state index is 13.3. The fourth-order valence-corrected chi connectivity index (χ4v) is 3.67. The Morgan fingerprint density at radius 3 is 2.47 bits per heavy atom. The number of hydrogen-bond donors (Lipinski definition) is 2. The average molecular weight is 488 g/mol. The average Bonchev–Trinajstić information content (AvgIpc) is 3.25. The van der Waals surface area contributed by atoms with Gasteiger partial charge in [-0.2, -0.15) is 13.2 Å². The maximum Gasteiger partial charge on any atom is 0.409 e. The predicted octanol–water partition coefficient (Wildman–Crippen LogP) is 6.07. The van der Waals surface area contributed by atoms with Crippen LogP contribution in [0.2, 0.25) is 5.02 Å². The molecule has 1 aliphatic rings. The lowest BCUT2D eigenvalue weighted by atomic mass is 10.0. The monoisotopic (exact) mass is 487 g/mol. The molecule has 4 rings (SSSR count). The minimum Gasteiger partial charge on any atom is -0.468 e. The van der Waals surface area contributed by atoms with Gasteiger partial charge in [0.25, 0.3) is 5.91 Å². The molecule has 0 fully saturated rings. The number of benzene rings is 3. The Morgan fingerprint density at radius 1 is 1.06 bits per heavy atom. The van der Waals surface area contributed by atoms with Crippen LogP contribution in [0.25, 0.3) is 11.1 Å². The minimum absolute atomic E-state index is 0.166. The molecule has 34 heavy (non-hydrogen) atoms. The van der Waals surface area contributed by atoms with Crippen LogP contribution in [-0.4, -0.2) is 24.7 Å². The predicted molar refractivity (Wildman–Crippen MR) is 126 cm³/mol. The molecule has 2 N–H and O–H groups in total. The molecule has 0 aromatic heterocycles. The highest BCUT2D eigenvalue weighted by Crippen LogP contribution is 2.34. The summed E-state index contributed by atoms with van der Waals surface area (Å²) in [6, 6.07) is 19.8. The summed E-state index contributed by atoms with van der Waals surface area (Å²) in [6.45, 7) is 1.36. The van der Waals surface area contributed by atoms with Gasteiger partial charge in [-0.3, -0.25) is 4.79 Å². The number of carbonyl (C=O) groups excluding carboxylic acids is 1. The number of carbonyl (C=O) groups is 1. The third-order valence-electron chi connectivity index (χ3n) is 5.21. The zero-order valence-corrected chi connectivity index (χ0v) is 18.8. The highest BCUT2D eigenvalue weighted by Gasteiger charge is 2.44. The molecule has 0 bridgehead atoms. The van der Waals surface area contributed by atoms with E-state index < -0.39 is 24.7 Å². The van der Waals surface area contributed by atoms with Crippen LogP contribution in [0.3, 0.4) is 0 Å². The van der Waals surface area contributed by atoms with E-state index >= 15 is 0 Å². The highest BCUT2D eigenvalue weighted by atomic mass is 35.5. The van der Waals surface area contributed by atoms with E-state index in [1.807, 2.05) is 55.5 Å². The second-order valence-corrected chi connectivity index (χ2v) is 8.08. The second-order valence-electron chi connectivity index (χ2n) is 7.67. The Balaban J connectivity index is 1.48. The highest BCUT2D eigenvalue weighted by molar-refractivity contribution is 6.33. The fraction of sp³-hybridized carbons (Fsp3) is 0.160. The summed E-state index contributed by atoms with van der Waals surface area (Å²) < 4.78 is 45.5. The summed E-state index contributed by atoms with van der Waals surface area (Å²) in [7, 11) is 0. The van der Waals surface area contributed by atoms with Crippen molar-refractivity contribution in [3.63, 3.8) is 0 Å². The number of alkyl halides is 3. The van der Waals surface area contributed by atoms with Crippen molar-refractivity contribution >= 4 is 28.9 Å². The Hall–Kier alpha value is -3.49. The lowest BCUT2D eigenvalue weighted by Gasteiger charge is -2.25. The van der Waals surface area contributed by atoms with Crippen molar-refractivity contribution in [1.82, 2.24) is 5.43 Å². The normalized spacial score (nSPS) is 15.7. The third kappa shape index (κ3) is 5.35. The van der Waals surface area contributed by atoms with Crippen molar-refractivity contribution in [1.29, 1.82) is 0 Å². The molecular weight excluding hydrogens is 467 g/mol. The first kappa shape index (κ1) is 23.7. The van der Waals surface area contributed by atoms with E-state index in [0.29, 0.717) is 5.69 Å². The van der Waals surface area contributed by atoms with Gasteiger partial charge in [-0.1, -0.05) is 66.2 Å². The minimum atomic E-state index is -4.55. The molecule has 0 saturated heterocycles. The van der Waals surface area contributed by atoms with Crippen LogP contribution in [0, 0.1) is 6.92 Å². The molecule has 3 aromatic rings. The first-order valence-corrected chi connectivity index (χ1v) is 10.8. The molecule has 5 nitrogen and oxygen atoms in total. The summed E-state index contributed by atoms with van der Waals surface area (Å²) in [5.74, 6) is -0.677. The second kappa shape index (κ2) is 9.79. The summed E-state index contributed by atoms with van der Waals surface area (Å²) in [6.07, 6.45) is -3.68. The summed E-state index contributed by atoms with van der Waals surface area (Å²) in [5, 5.41) is 4.09. The van der Waals surface area contributed by atoms with Gasteiger partial charge in [-0.15, -0.1) is 0 Å². The molecule has 1 aliphatic heterocycles. The molecule has 0 aliphatic carbocycles. The zero-order chi connectivity index (χ0) is 24.3. The topological polar surface area (TPSA) is 53.6 Å². The number of aryl methyl sites for hydroxylation is 1. The first-order valence-electron chi connectivity index (χ1n) is 10.4. The molecule has 1 atom stereocenters. The summed E-state index contributed by atoms with van der Waals surface area (Å²) in [4.78, 5) is 12.6. The van der Waals surface area contributed by atoms with E-state index in [2.05, 4.69) is 10.7 Å².